The Morgan fingerprint density at radius 1 is 1.35 bits per heavy atom. The predicted octanol–water partition coefficient (Wildman–Crippen LogP) is 2.46. The highest BCUT2D eigenvalue weighted by Gasteiger charge is 2.33. The molecule has 1 saturated heterocycles. The van der Waals surface area contributed by atoms with Gasteiger partial charge in [0.1, 0.15) is 12.4 Å². The zero-order valence-electron chi connectivity index (χ0n) is 14.5. The van der Waals surface area contributed by atoms with E-state index in [9.17, 15) is 4.79 Å². The van der Waals surface area contributed by atoms with Crippen molar-refractivity contribution in [3.63, 3.8) is 0 Å². The van der Waals surface area contributed by atoms with Gasteiger partial charge in [-0.2, -0.15) is 5.10 Å². The van der Waals surface area contributed by atoms with Crippen LogP contribution in [0.2, 0.25) is 0 Å². The fourth-order valence-electron chi connectivity index (χ4n) is 2.81. The first kappa shape index (κ1) is 17.9. The van der Waals surface area contributed by atoms with Crippen molar-refractivity contribution in [2.75, 3.05) is 19.8 Å². The quantitative estimate of drug-likeness (QED) is 0.493. The number of rotatable bonds is 6. The zero-order chi connectivity index (χ0) is 18.4. The summed E-state index contributed by atoms with van der Waals surface area (Å²) in [6, 6.07) is 11.6. The van der Waals surface area contributed by atoms with E-state index >= 15 is 0 Å². The molecule has 0 saturated carbocycles. The Kier molecular flexibility index (Phi) is 5.52. The number of hydrogen-bond acceptors (Lipinski definition) is 5. The van der Waals surface area contributed by atoms with Crippen LogP contribution in [0, 0.1) is 12.3 Å². The normalized spacial score (nSPS) is 15.8. The Hall–Kier alpha value is -2.88. The van der Waals surface area contributed by atoms with Crippen LogP contribution in [0.3, 0.4) is 0 Å². The molecule has 0 aromatic heterocycles. The number of nitrogens with one attached hydrogen (secondary N) is 1. The average molecular weight is 352 g/mol. The van der Waals surface area contributed by atoms with Gasteiger partial charge in [-0.15, -0.1) is 6.42 Å². The molecule has 0 spiro atoms. The van der Waals surface area contributed by atoms with E-state index in [-0.39, 0.29) is 18.9 Å². The van der Waals surface area contributed by atoms with Crippen molar-refractivity contribution in [3.8, 4) is 18.1 Å². The molecule has 0 bridgehead atoms. The third-order valence-corrected chi connectivity index (χ3v) is 4.00. The summed E-state index contributed by atoms with van der Waals surface area (Å²) in [6.07, 6.45) is 6.91. The molecular formula is C20H20N2O4. The molecule has 0 atom stereocenters. The molecule has 26 heavy (non-hydrogen) atoms. The van der Waals surface area contributed by atoms with Gasteiger partial charge in [0.2, 0.25) is 5.91 Å². The van der Waals surface area contributed by atoms with E-state index in [1.54, 1.807) is 13.1 Å². The summed E-state index contributed by atoms with van der Waals surface area (Å²) < 4.78 is 16.4. The van der Waals surface area contributed by atoms with Crippen LogP contribution in [0.25, 0.3) is 10.8 Å². The monoisotopic (exact) mass is 352 g/mol. The lowest BCUT2D eigenvalue weighted by molar-refractivity contribution is -0.159. The number of nitrogens with zero attached hydrogens (tertiary/aromatic N) is 1. The molecule has 134 valence electrons. The molecule has 1 aliphatic rings. The van der Waals surface area contributed by atoms with E-state index in [4.69, 9.17) is 20.6 Å². The summed E-state index contributed by atoms with van der Waals surface area (Å²) in [4.78, 5) is 12.1. The molecule has 1 fully saturated rings. The molecule has 0 unspecified atom stereocenters. The van der Waals surface area contributed by atoms with Crippen molar-refractivity contribution >= 4 is 22.9 Å². The maximum atomic E-state index is 12.1. The summed E-state index contributed by atoms with van der Waals surface area (Å²) in [5.41, 5.74) is 3.25. The van der Waals surface area contributed by atoms with Gasteiger partial charge in [-0.25, -0.2) is 5.43 Å². The maximum Gasteiger partial charge on any atom is 0.245 e. The number of fused-ring (bicyclic) bond motifs is 1. The highest BCUT2D eigenvalue weighted by atomic mass is 16.7. The highest BCUT2D eigenvalue weighted by molar-refractivity contribution is 6.02. The molecule has 1 amide bonds. The van der Waals surface area contributed by atoms with Crippen molar-refractivity contribution in [2.45, 2.75) is 19.1 Å². The Morgan fingerprint density at radius 3 is 2.88 bits per heavy atom. The van der Waals surface area contributed by atoms with Gasteiger partial charge in [0.05, 0.1) is 25.8 Å². The molecule has 0 radical (unpaired) electrons. The van der Waals surface area contributed by atoms with Gasteiger partial charge >= 0.3 is 0 Å². The molecular weight excluding hydrogens is 332 g/mol. The van der Waals surface area contributed by atoms with Crippen molar-refractivity contribution in [1.29, 1.82) is 0 Å². The standard InChI is InChI=1S/C20H20N2O4/c1-3-10-24-18-9-8-15-6-4-5-7-16(15)17(18)14-21-22-19(23)13-20(2)25-11-12-26-20/h1,4-9,14H,10-13H2,2H3,(H,22,23)/b21-14-. The van der Waals surface area contributed by atoms with E-state index in [0.717, 1.165) is 16.3 Å². The van der Waals surface area contributed by atoms with E-state index in [2.05, 4.69) is 16.4 Å². The van der Waals surface area contributed by atoms with E-state index in [1.807, 2.05) is 36.4 Å². The summed E-state index contributed by atoms with van der Waals surface area (Å²) in [7, 11) is 0. The van der Waals surface area contributed by atoms with Crippen molar-refractivity contribution in [1.82, 2.24) is 5.43 Å². The van der Waals surface area contributed by atoms with Crippen molar-refractivity contribution < 1.29 is 19.0 Å². The first-order chi connectivity index (χ1) is 12.6. The molecule has 6 heteroatoms. The van der Waals surface area contributed by atoms with E-state index in [0.29, 0.717) is 19.0 Å². The van der Waals surface area contributed by atoms with E-state index < -0.39 is 5.79 Å². The SMILES string of the molecule is C#CCOc1ccc2ccccc2c1/C=N\NC(=O)CC1(C)OCCO1. The summed E-state index contributed by atoms with van der Waals surface area (Å²) in [5, 5.41) is 6.06. The summed E-state index contributed by atoms with van der Waals surface area (Å²) >= 11 is 0. The number of benzene rings is 2. The second kappa shape index (κ2) is 8.00. The van der Waals surface area contributed by atoms with Gasteiger partial charge in [-0.1, -0.05) is 36.3 Å². The van der Waals surface area contributed by atoms with Crippen LogP contribution in [0.4, 0.5) is 0 Å². The van der Waals surface area contributed by atoms with Gasteiger partial charge in [0, 0.05) is 5.56 Å². The van der Waals surface area contributed by atoms with Gasteiger partial charge in [-0.3, -0.25) is 4.79 Å². The number of carbonyl (C=O) groups excluding carboxylic acids is 1. The second-order valence-electron chi connectivity index (χ2n) is 5.99. The molecule has 2 aromatic rings. The third-order valence-electron chi connectivity index (χ3n) is 4.00. The van der Waals surface area contributed by atoms with Crippen LogP contribution in [-0.2, 0) is 14.3 Å². The van der Waals surface area contributed by atoms with Crippen LogP contribution >= 0.6 is 0 Å². The average Bonchev–Trinajstić information content (AvgIpc) is 3.06. The molecule has 6 nitrogen and oxygen atoms in total. The van der Waals surface area contributed by atoms with Gasteiger partial charge in [0.15, 0.2) is 5.79 Å². The fraction of sp³-hybridized carbons (Fsp3) is 0.300. The zero-order valence-corrected chi connectivity index (χ0v) is 14.5. The minimum absolute atomic E-state index is 0.0698. The van der Waals surface area contributed by atoms with Gasteiger partial charge < -0.3 is 14.2 Å². The smallest absolute Gasteiger partial charge is 0.245 e. The minimum Gasteiger partial charge on any atom is -0.480 e. The highest BCUT2D eigenvalue weighted by Crippen LogP contribution is 2.27. The lowest BCUT2D eigenvalue weighted by atomic mass is 10.0. The Labute approximate surface area is 152 Å². The first-order valence-electron chi connectivity index (χ1n) is 8.29. The third kappa shape index (κ3) is 4.20. The van der Waals surface area contributed by atoms with Gasteiger partial charge in [-0.05, 0) is 23.8 Å². The van der Waals surface area contributed by atoms with E-state index in [1.165, 1.54) is 0 Å². The second-order valence-corrected chi connectivity index (χ2v) is 5.99. The molecule has 1 heterocycles. The molecule has 1 aliphatic heterocycles. The molecule has 0 aliphatic carbocycles. The van der Waals surface area contributed by atoms with Crippen LogP contribution in [0.5, 0.6) is 5.75 Å². The molecule has 3 rings (SSSR count). The molecule has 1 N–H and O–H groups in total. The number of hydrogen-bond donors (Lipinski definition) is 1. The Morgan fingerprint density at radius 2 is 2.12 bits per heavy atom. The number of amides is 1. The number of hydrazone groups is 1. The number of ether oxygens (including phenoxy) is 3. The topological polar surface area (TPSA) is 69.2 Å². The lowest BCUT2D eigenvalue weighted by Gasteiger charge is -2.20. The summed E-state index contributed by atoms with van der Waals surface area (Å²) in [6.45, 7) is 2.86. The van der Waals surface area contributed by atoms with Crippen molar-refractivity contribution in [3.05, 3.63) is 42.0 Å². The Balaban J connectivity index is 1.77. The Bertz CT molecular complexity index is 864. The summed E-state index contributed by atoms with van der Waals surface area (Å²) in [5.74, 6) is 1.87. The fourth-order valence-corrected chi connectivity index (χ4v) is 2.81. The lowest BCUT2D eigenvalue weighted by Crippen LogP contribution is -2.33. The first-order valence-corrected chi connectivity index (χ1v) is 8.29. The van der Waals surface area contributed by atoms with Crippen molar-refractivity contribution in [2.24, 2.45) is 5.10 Å². The van der Waals surface area contributed by atoms with Crippen LogP contribution in [0.1, 0.15) is 18.9 Å². The maximum absolute atomic E-state index is 12.1. The van der Waals surface area contributed by atoms with Gasteiger partial charge in [0.25, 0.3) is 0 Å². The minimum atomic E-state index is -0.889. The predicted molar refractivity (Wildman–Crippen MR) is 98.9 cm³/mol. The molecule has 2 aromatic carbocycles. The van der Waals surface area contributed by atoms with Crippen LogP contribution in [-0.4, -0.2) is 37.7 Å². The largest absolute Gasteiger partial charge is 0.480 e. The van der Waals surface area contributed by atoms with Crippen LogP contribution < -0.4 is 10.2 Å². The number of terminal acetylenes is 1. The number of carbonyl (C=O) groups is 1. The van der Waals surface area contributed by atoms with Crippen LogP contribution in [0.15, 0.2) is 41.5 Å².